The van der Waals surface area contributed by atoms with Gasteiger partial charge < -0.3 is 4.74 Å². The third-order valence-electron chi connectivity index (χ3n) is 2.68. The van der Waals surface area contributed by atoms with Gasteiger partial charge in [-0.2, -0.15) is 0 Å². The Kier molecular flexibility index (Phi) is 7.25. The van der Waals surface area contributed by atoms with Gasteiger partial charge >= 0.3 is 0 Å². The first-order valence-electron chi connectivity index (χ1n) is 5.50. The molecule has 1 rings (SSSR count). The maximum Gasteiger partial charge on any atom is 0.0839 e. The molecule has 1 saturated heterocycles. The Morgan fingerprint density at radius 1 is 1.00 bits per heavy atom. The molecule has 1 nitrogen and oxygen atoms in total. The highest BCUT2D eigenvalue weighted by atomic mass is 19.0. The first-order valence-corrected chi connectivity index (χ1v) is 5.50. The van der Waals surface area contributed by atoms with Gasteiger partial charge in [-0.05, 0) is 13.3 Å². The fourth-order valence-corrected chi connectivity index (χ4v) is 1.66. The van der Waals surface area contributed by atoms with Crippen molar-refractivity contribution in [3.8, 4) is 0 Å². The van der Waals surface area contributed by atoms with Crippen LogP contribution in [0.1, 0.15) is 58.8 Å². The van der Waals surface area contributed by atoms with E-state index in [1.165, 1.54) is 44.9 Å². The topological polar surface area (TPSA) is 12.5 Å². The Morgan fingerprint density at radius 3 is 2.08 bits per heavy atom. The Morgan fingerprint density at radius 2 is 1.54 bits per heavy atom. The van der Waals surface area contributed by atoms with Gasteiger partial charge in [0.15, 0.2) is 0 Å². The Balaban J connectivity index is 0.00000144. The number of hydrogen-bond donors (Lipinski definition) is 0. The van der Waals surface area contributed by atoms with Crippen molar-refractivity contribution in [3.63, 3.8) is 0 Å². The number of unbranched alkanes of at least 4 members (excludes halogenated alkanes) is 5. The van der Waals surface area contributed by atoms with Crippen LogP contribution in [-0.2, 0) is 4.74 Å². The molecule has 0 radical (unpaired) electrons. The molecule has 0 spiro atoms. The van der Waals surface area contributed by atoms with Gasteiger partial charge in [-0.15, -0.1) is 0 Å². The van der Waals surface area contributed by atoms with Crippen LogP contribution in [0.25, 0.3) is 0 Å². The molecule has 0 aromatic rings. The predicted molar refractivity (Wildman–Crippen MR) is 54.8 cm³/mol. The average molecular weight is 190 g/mol. The van der Waals surface area contributed by atoms with Gasteiger partial charge in [-0.3, -0.25) is 4.70 Å². The molecule has 0 N–H and O–H groups in total. The molecule has 1 fully saturated rings. The maximum atomic E-state index is 5.34. The molecular formula is C11H23FO. The summed E-state index contributed by atoms with van der Waals surface area (Å²) < 4.78 is 5.34. The molecule has 0 aliphatic carbocycles. The van der Waals surface area contributed by atoms with E-state index in [1.807, 2.05) is 0 Å². The van der Waals surface area contributed by atoms with E-state index < -0.39 is 0 Å². The molecule has 80 valence electrons. The quantitative estimate of drug-likeness (QED) is 0.440. The Labute approximate surface area is 81.2 Å². The van der Waals surface area contributed by atoms with Crippen molar-refractivity contribution in [1.29, 1.82) is 0 Å². The van der Waals surface area contributed by atoms with Crippen molar-refractivity contribution in [3.05, 3.63) is 0 Å². The molecule has 0 bridgehead atoms. The van der Waals surface area contributed by atoms with E-state index >= 15 is 0 Å². The van der Waals surface area contributed by atoms with Gasteiger partial charge in [0.2, 0.25) is 0 Å². The third-order valence-corrected chi connectivity index (χ3v) is 2.68. The number of ether oxygens (including phenoxy) is 1. The zero-order valence-electron chi connectivity index (χ0n) is 8.92. The number of epoxide rings is 1. The van der Waals surface area contributed by atoms with E-state index in [4.69, 9.17) is 4.74 Å². The van der Waals surface area contributed by atoms with Crippen LogP contribution >= 0.6 is 0 Å². The highest BCUT2D eigenvalue weighted by Gasteiger charge is 2.32. The normalized spacial score (nSPS) is 25.4. The lowest BCUT2D eigenvalue weighted by Crippen LogP contribution is -1.89. The van der Waals surface area contributed by atoms with E-state index in [0.717, 1.165) is 0 Å². The van der Waals surface area contributed by atoms with Gasteiger partial charge in [-0.25, -0.2) is 0 Å². The molecule has 0 aromatic heterocycles. The van der Waals surface area contributed by atoms with Gasteiger partial charge in [0, 0.05) is 0 Å². The van der Waals surface area contributed by atoms with Crippen LogP contribution < -0.4 is 0 Å². The number of rotatable bonds is 7. The molecule has 0 saturated carbocycles. The van der Waals surface area contributed by atoms with Crippen LogP contribution in [-0.4, -0.2) is 12.2 Å². The molecule has 0 amide bonds. The summed E-state index contributed by atoms with van der Waals surface area (Å²) >= 11 is 0. The van der Waals surface area contributed by atoms with Gasteiger partial charge in [0.25, 0.3) is 0 Å². The van der Waals surface area contributed by atoms with Crippen molar-refractivity contribution in [2.24, 2.45) is 0 Å². The van der Waals surface area contributed by atoms with E-state index in [1.54, 1.807) is 0 Å². The van der Waals surface area contributed by atoms with Gasteiger partial charge in [-0.1, -0.05) is 45.4 Å². The van der Waals surface area contributed by atoms with Crippen LogP contribution in [0.3, 0.4) is 0 Å². The van der Waals surface area contributed by atoms with E-state index in [9.17, 15) is 0 Å². The minimum atomic E-state index is 0. The first-order chi connectivity index (χ1) is 5.84. The smallest absolute Gasteiger partial charge is 0.0839 e. The van der Waals surface area contributed by atoms with Crippen LogP contribution in [0.2, 0.25) is 0 Å². The lowest BCUT2D eigenvalue weighted by Gasteiger charge is -1.98. The lowest BCUT2D eigenvalue weighted by atomic mass is 10.1. The summed E-state index contributed by atoms with van der Waals surface area (Å²) in [4.78, 5) is 0. The molecule has 2 unspecified atom stereocenters. The summed E-state index contributed by atoms with van der Waals surface area (Å²) in [6, 6.07) is 0. The van der Waals surface area contributed by atoms with Crippen molar-refractivity contribution in [2.75, 3.05) is 0 Å². The molecule has 1 heterocycles. The summed E-state index contributed by atoms with van der Waals surface area (Å²) in [5.41, 5.74) is 0. The second-order valence-electron chi connectivity index (χ2n) is 3.94. The van der Waals surface area contributed by atoms with E-state index in [-0.39, 0.29) is 4.70 Å². The zero-order valence-corrected chi connectivity index (χ0v) is 8.92. The Bertz CT molecular complexity index is 117. The molecule has 1 aliphatic rings. The first kappa shape index (κ1) is 12.9. The van der Waals surface area contributed by atoms with E-state index in [2.05, 4.69) is 13.8 Å². The standard InChI is InChI=1S/C11H22O.FH/c1-3-4-5-6-7-8-9-11-10(2)12-11;/h10-11H,3-9H2,1-2H3;1H. The molecule has 13 heavy (non-hydrogen) atoms. The van der Waals surface area contributed by atoms with Crippen LogP contribution in [0.15, 0.2) is 0 Å². The molecule has 1 aliphatic heterocycles. The summed E-state index contributed by atoms with van der Waals surface area (Å²) in [5, 5.41) is 0. The highest BCUT2D eigenvalue weighted by molar-refractivity contribution is 4.79. The molecule has 2 atom stereocenters. The number of hydrogen-bond acceptors (Lipinski definition) is 1. The fourth-order valence-electron chi connectivity index (χ4n) is 1.66. The van der Waals surface area contributed by atoms with Crippen molar-refractivity contribution in [1.82, 2.24) is 0 Å². The van der Waals surface area contributed by atoms with Crippen LogP contribution in [0.5, 0.6) is 0 Å². The van der Waals surface area contributed by atoms with Crippen molar-refractivity contribution >= 4 is 0 Å². The maximum absolute atomic E-state index is 5.34. The predicted octanol–water partition coefficient (Wildman–Crippen LogP) is 3.68. The average Bonchev–Trinajstić information content (AvgIpc) is 2.74. The second kappa shape index (κ2) is 7.31. The minimum Gasteiger partial charge on any atom is -0.370 e. The minimum absolute atomic E-state index is 0. The molecule has 0 aromatic carbocycles. The SMILES string of the molecule is CCCCCCCCC1OC1C.F. The summed E-state index contributed by atoms with van der Waals surface area (Å²) in [5.74, 6) is 0. The highest BCUT2D eigenvalue weighted by Crippen LogP contribution is 2.26. The van der Waals surface area contributed by atoms with Crippen LogP contribution in [0, 0.1) is 0 Å². The van der Waals surface area contributed by atoms with Crippen molar-refractivity contribution < 1.29 is 9.44 Å². The monoisotopic (exact) mass is 190 g/mol. The van der Waals surface area contributed by atoms with Gasteiger partial charge in [0.05, 0.1) is 12.2 Å². The Hall–Kier alpha value is -0.110. The van der Waals surface area contributed by atoms with E-state index in [0.29, 0.717) is 12.2 Å². The van der Waals surface area contributed by atoms with Crippen LogP contribution in [0.4, 0.5) is 4.70 Å². The number of halogens is 1. The summed E-state index contributed by atoms with van der Waals surface area (Å²) in [7, 11) is 0. The third kappa shape index (κ3) is 6.03. The largest absolute Gasteiger partial charge is 0.370 e. The zero-order chi connectivity index (χ0) is 8.81. The molecule has 2 heteroatoms. The fraction of sp³-hybridized carbons (Fsp3) is 1.00. The van der Waals surface area contributed by atoms with Gasteiger partial charge in [0.1, 0.15) is 0 Å². The lowest BCUT2D eigenvalue weighted by molar-refractivity contribution is 0.364. The molecular weight excluding hydrogens is 167 g/mol. The van der Waals surface area contributed by atoms with Crippen molar-refractivity contribution in [2.45, 2.75) is 71.0 Å². The summed E-state index contributed by atoms with van der Waals surface area (Å²) in [6.45, 7) is 4.43. The summed E-state index contributed by atoms with van der Waals surface area (Å²) in [6.07, 6.45) is 10.9. The second-order valence-corrected chi connectivity index (χ2v) is 3.94.